The fraction of sp³-hybridized carbons (Fsp3) is 0.105. The van der Waals surface area contributed by atoms with Crippen LogP contribution in [0.25, 0.3) is 5.69 Å². The molecule has 0 aliphatic rings. The summed E-state index contributed by atoms with van der Waals surface area (Å²) >= 11 is 0. The number of nitrogens with zero attached hydrogens (tertiary/aromatic N) is 2. The van der Waals surface area contributed by atoms with Gasteiger partial charge in [-0.2, -0.15) is 5.10 Å². The van der Waals surface area contributed by atoms with Gasteiger partial charge in [0.15, 0.2) is 0 Å². The van der Waals surface area contributed by atoms with E-state index in [4.69, 9.17) is 0 Å². The first-order valence-electron chi connectivity index (χ1n) is 7.83. The number of aryl methyl sites for hydroxylation is 1. The fourth-order valence-corrected chi connectivity index (χ4v) is 2.42. The average molecular weight is 334 g/mol. The molecule has 6 nitrogen and oxygen atoms in total. The van der Waals surface area contributed by atoms with Crippen LogP contribution in [-0.2, 0) is 0 Å². The number of aromatic nitrogens is 2. The molecule has 0 atom stereocenters. The maximum absolute atomic E-state index is 12.6. The summed E-state index contributed by atoms with van der Waals surface area (Å²) in [6.07, 6.45) is 1.44. The predicted molar refractivity (Wildman–Crippen MR) is 96.1 cm³/mol. The van der Waals surface area contributed by atoms with E-state index < -0.39 is 0 Å². The molecule has 1 heterocycles. The highest BCUT2D eigenvalue weighted by Gasteiger charge is 2.20. The molecule has 0 radical (unpaired) electrons. The quantitative estimate of drug-likeness (QED) is 0.770. The molecule has 0 bridgehead atoms. The van der Waals surface area contributed by atoms with Gasteiger partial charge in [0.25, 0.3) is 11.8 Å². The molecule has 0 aliphatic carbocycles. The largest absolute Gasteiger partial charge is 0.355 e. The van der Waals surface area contributed by atoms with Gasteiger partial charge in [0.2, 0.25) is 0 Å². The van der Waals surface area contributed by atoms with Crippen molar-refractivity contribution in [1.29, 1.82) is 0 Å². The summed E-state index contributed by atoms with van der Waals surface area (Å²) in [5, 5.41) is 9.63. The molecule has 0 fully saturated rings. The number of carbonyl (C=O) groups excluding carboxylic acids is 2. The van der Waals surface area contributed by atoms with E-state index in [0.717, 1.165) is 11.3 Å². The number of anilines is 1. The molecule has 3 aromatic rings. The van der Waals surface area contributed by atoms with Crippen molar-refractivity contribution in [2.75, 3.05) is 12.4 Å². The van der Waals surface area contributed by atoms with Crippen LogP contribution < -0.4 is 10.6 Å². The van der Waals surface area contributed by atoms with Crippen molar-refractivity contribution in [3.63, 3.8) is 0 Å². The second kappa shape index (κ2) is 7.00. The van der Waals surface area contributed by atoms with Crippen LogP contribution in [0.5, 0.6) is 0 Å². The minimum Gasteiger partial charge on any atom is -0.355 e. The lowest BCUT2D eigenvalue weighted by atomic mass is 10.1. The lowest BCUT2D eigenvalue weighted by molar-refractivity contribution is 0.0964. The van der Waals surface area contributed by atoms with Crippen LogP contribution in [0.1, 0.15) is 26.3 Å². The van der Waals surface area contributed by atoms with Crippen molar-refractivity contribution >= 4 is 17.6 Å². The minimum atomic E-state index is -0.318. The molecule has 0 saturated heterocycles. The second-order valence-electron chi connectivity index (χ2n) is 5.55. The van der Waals surface area contributed by atoms with E-state index in [-0.39, 0.29) is 11.8 Å². The Hall–Kier alpha value is -3.41. The molecule has 25 heavy (non-hydrogen) atoms. The molecule has 126 valence electrons. The number of hydrogen-bond acceptors (Lipinski definition) is 3. The van der Waals surface area contributed by atoms with Crippen LogP contribution in [0.15, 0.2) is 60.8 Å². The van der Waals surface area contributed by atoms with Gasteiger partial charge in [-0.05, 0) is 31.2 Å². The first-order chi connectivity index (χ1) is 12.1. The number of para-hydroxylation sites is 1. The van der Waals surface area contributed by atoms with Crippen molar-refractivity contribution < 1.29 is 9.59 Å². The maximum atomic E-state index is 12.6. The zero-order chi connectivity index (χ0) is 17.8. The topological polar surface area (TPSA) is 76.0 Å². The molecule has 2 N–H and O–H groups in total. The average Bonchev–Trinajstić information content (AvgIpc) is 3.05. The molecule has 0 saturated carbocycles. The van der Waals surface area contributed by atoms with E-state index in [2.05, 4.69) is 15.7 Å². The summed E-state index contributed by atoms with van der Waals surface area (Å²) in [7, 11) is 1.54. The monoisotopic (exact) mass is 334 g/mol. The van der Waals surface area contributed by atoms with Crippen LogP contribution in [-0.4, -0.2) is 28.6 Å². The molecule has 2 amide bonds. The van der Waals surface area contributed by atoms with Crippen molar-refractivity contribution in [3.05, 3.63) is 77.5 Å². The van der Waals surface area contributed by atoms with Gasteiger partial charge in [0.05, 0.1) is 11.9 Å². The third kappa shape index (κ3) is 3.42. The van der Waals surface area contributed by atoms with Gasteiger partial charge in [-0.15, -0.1) is 0 Å². The van der Waals surface area contributed by atoms with Crippen molar-refractivity contribution in [3.8, 4) is 5.69 Å². The Morgan fingerprint density at radius 1 is 0.960 bits per heavy atom. The summed E-state index contributed by atoms with van der Waals surface area (Å²) in [5.74, 6) is -0.291. The van der Waals surface area contributed by atoms with Gasteiger partial charge in [0.1, 0.15) is 11.4 Å². The Morgan fingerprint density at radius 2 is 1.64 bits per heavy atom. The third-order valence-electron chi connectivity index (χ3n) is 3.79. The van der Waals surface area contributed by atoms with Crippen LogP contribution in [0.3, 0.4) is 0 Å². The SMILES string of the molecule is CNC(=O)c1cnn(-c2ccccc2)c1NC(=O)c1ccc(C)cc1. The van der Waals surface area contributed by atoms with E-state index in [0.29, 0.717) is 16.9 Å². The fourth-order valence-electron chi connectivity index (χ4n) is 2.42. The minimum absolute atomic E-state index is 0.298. The first-order valence-corrected chi connectivity index (χ1v) is 7.83. The number of hydrogen-bond donors (Lipinski definition) is 2. The zero-order valence-electron chi connectivity index (χ0n) is 14.0. The van der Waals surface area contributed by atoms with E-state index in [1.165, 1.54) is 17.9 Å². The summed E-state index contributed by atoms with van der Waals surface area (Å²) < 4.78 is 1.54. The van der Waals surface area contributed by atoms with Crippen LogP contribution in [0.4, 0.5) is 5.82 Å². The Labute approximate surface area is 145 Å². The van der Waals surface area contributed by atoms with E-state index in [1.807, 2.05) is 49.4 Å². The standard InChI is InChI=1S/C19H18N4O2/c1-13-8-10-14(11-9-13)18(24)22-17-16(19(25)20-2)12-21-23(17)15-6-4-3-5-7-15/h3-12H,1-2H3,(H,20,25)(H,22,24). The lowest BCUT2D eigenvalue weighted by Gasteiger charge is -2.11. The van der Waals surface area contributed by atoms with Gasteiger partial charge in [-0.25, -0.2) is 4.68 Å². The molecule has 3 rings (SSSR count). The van der Waals surface area contributed by atoms with Gasteiger partial charge < -0.3 is 10.6 Å². The van der Waals surface area contributed by atoms with Gasteiger partial charge in [0, 0.05) is 12.6 Å². The summed E-state index contributed by atoms with van der Waals surface area (Å²) in [6, 6.07) is 16.5. The normalized spacial score (nSPS) is 10.3. The number of carbonyl (C=O) groups is 2. The third-order valence-corrected chi connectivity index (χ3v) is 3.79. The maximum Gasteiger partial charge on any atom is 0.256 e. The van der Waals surface area contributed by atoms with Crippen LogP contribution in [0.2, 0.25) is 0 Å². The Kier molecular flexibility index (Phi) is 4.61. The highest BCUT2D eigenvalue weighted by molar-refractivity contribution is 6.08. The molecule has 2 aromatic carbocycles. The molecular formula is C19H18N4O2. The number of benzene rings is 2. The van der Waals surface area contributed by atoms with Crippen LogP contribution >= 0.6 is 0 Å². The second-order valence-corrected chi connectivity index (χ2v) is 5.55. The highest BCUT2D eigenvalue weighted by Crippen LogP contribution is 2.21. The Morgan fingerprint density at radius 3 is 2.28 bits per heavy atom. The summed E-state index contributed by atoms with van der Waals surface area (Å²) in [6.45, 7) is 1.95. The van der Waals surface area contributed by atoms with E-state index in [9.17, 15) is 9.59 Å². The van der Waals surface area contributed by atoms with Crippen molar-refractivity contribution in [2.45, 2.75) is 6.92 Å². The highest BCUT2D eigenvalue weighted by atomic mass is 16.2. The number of amides is 2. The molecule has 6 heteroatoms. The molecule has 1 aromatic heterocycles. The first kappa shape index (κ1) is 16.4. The Bertz CT molecular complexity index is 899. The molecule has 0 unspecified atom stereocenters. The van der Waals surface area contributed by atoms with Gasteiger partial charge in [-0.1, -0.05) is 35.9 Å². The zero-order valence-corrected chi connectivity index (χ0v) is 14.0. The predicted octanol–water partition coefficient (Wildman–Crippen LogP) is 2.79. The molecule has 0 spiro atoms. The number of rotatable bonds is 4. The molecule has 0 aliphatic heterocycles. The van der Waals surface area contributed by atoms with Crippen LogP contribution in [0, 0.1) is 6.92 Å². The van der Waals surface area contributed by atoms with E-state index >= 15 is 0 Å². The van der Waals surface area contributed by atoms with E-state index in [1.54, 1.807) is 12.1 Å². The van der Waals surface area contributed by atoms with Crippen molar-refractivity contribution in [2.24, 2.45) is 0 Å². The smallest absolute Gasteiger partial charge is 0.256 e. The van der Waals surface area contributed by atoms with Crippen molar-refractivity contribution in [1.82, 2.24) is 15.1 Å². The summed E-state index contributed by atoms with van der Waals surface area (Å²) in [4.78, 5) is 24.7. The molecular weight excluding hydrogens is 316 g/mol. The lowest BCUT2D eigenvalue weighted by Crippen LogP contribution is -2.22. The summed E-state index contributed by atoms with van der Waals surface area (Å²) in [5.41, 5.74) is 2.62. The van der Waals surface area contributed by atoms with Gasteiger partial charge in [-0.3, -0.25) is 9.59 Å². The van der Waals surface area contributed by atoms with Gasteiger partial charge >= 0.3 is 0 Å². The Balaban J connectivity index is 2.00. The number of nitrogens with one attached hydrogen (secondary N) is 2.